The Labute approximate surface area is 94.8 Å². The fraction of sp³-hybridized carbons (Fsp3) is 1.00. The van der Waals surface area contributed by atoms with Crippen molar-refractivity contribution in [3.63, 3.8) is 0 Å². The van der Waals surface area contributed by atoms with Crippen molar-refractivity contribution in [2.75, 3.05) is 53.5 Å². The zero-order valence-electron chi connectivity index (χ0n) is 10.6. The molecule has 3 N–H and O–H groups in total. The Balaban J connectivity index is 3.30. The van der Waals surface area contributed by atoms with Gasteiger partial charge >= 0.3 is 0 Å². The van der Waals surface area contributed by atoms with E-state index in [0.29, 0.717) is 0 Å². The molecule has 92 valence electrons. The van der Waals surface area contributed by atoms with Gasteiger partial charge in [0.15, 0.2) is 0 Å². The van der Waals surface area contributed by atoms with Gasteiger partial charge in [-0.05, 0) is 53.1 Å². The van der Waals surface area contributed by atoms with Crippen molar-refractivity contribution in [3.05, 3.63) is 0 Å². The SMILES string of the molecule is CCN(CCCN)CNCCCN(C)C. The average molecular weight is 216 g/mol. The van der Waals surface area contributed by atoms with Crippen molar-refractivity contribution < 1.29 is 0 Å². The second kappa shape index (κ2) is 10.4. The molecule has 0 rings (SSSR count). The molecule has 0 saturated heterocycles. The van der Waals surface area contributed by atoms with E-state index in [-0.39, 0.29) is 0 Å². The minimum atomic E-state index is 0.789. The van der Waals surface area contributed by atoms with Crippen LogP contribution in [0.3, 0.4) is 0 Å². The molecular formula is C11H28N4. The van der Waals surface area contributed by atoms with E-state index in [0.717, 1.165) is 45.8 Å². The Morgan fingerprint density at radius 3 is 2.40 bits per heavy atom. The molecule has 0 atom stereocenters. The van der Waals surface area contributed by atoms with Crippen molar-refractivity contribution in [1.29, 1.82) is 0 Å². The number of nitrogens with one attached hydrogen (secondary N) is 1. The highest BCUT2D eigenvalue weighted by Gasteiger charge is 1.99. The van der Waals surface area contributed by atoms with Crippen LogP contribution >= 0.6 is 0 Å². The molecule has 0 unspecified atom stereocenters. The van der Waals surface area contributed by atoms with Gasteiger partial charge in [0.1, 0.15) is 0 Å². The summed E-state index contributed by atoms with van der Waals surface area (Å²) in [6.07, 6.45) is 2.30. The Bertz CT molecular complexity index is 128. The van der Waals surface area contributed by atoms with Crippen LogP contribution in [0.5, 0.6) is 0 Å². The topological polar surface area (TPSA) is 44.5 Å². The second-order valence-electron chi connectivity index (χ2n) is 4.17. The van der Waals surface area contributed by atoms with Gasteiger partial charge in [-0.2, -0.15) is 0 Å². The summed E-state index contributed by atoms with van der Waals surface area (Å²) in [4.78, 5) is 4.61. The Morgan fingerprint density at radius 2 is 1.87 bits per heavy atom. The highest BCUT2D eigenvalue weighted by Crippen LogP contribution is 1.88. The zero-order valence-corrected chi connectivity index (χ0v) is 10.6. The molecule has 0 aromatic rings. The van der Waals surface area contributed by atoms with E-state index < -0.39 is 0 Å². The maximum atomic E-state index is 5.49. The molecule has 0 radical (unpaired) electrons. The first kappa shape index (κ1) is 14.8. The molecule has 0 spiro atoms. The second-order valence-corrected chi connectivity index (χ2v) is 4.17. The molecular weight excluding hydrogens is 188 g/mol. The molecule has 0 heterocycles. The molecule has 15 heavy (non-hydrogen) atoms. The van der Waals surface area contributed by atoms with Crippen LogP contribution in [0.2, 0.25) is 0 Å². The summed E-state index contributed by atoms with van der Waals surface area (Å²) in [5.74, 6) is 0. The van der Waals surface area contributed by atoms with Gasteiger partial charge in [0.25, 0.3) is 0 Å². The summed E-state index contributed by atoms with van der Waals surface area (Å²) in [6, 6.07) is 0. The van der Waals surface area contributed by atoms with E-state index in [1.807, 2.05) is 0 Å². The fourth-order valence-electron chi connectivity index (χ4n) is 1.42. The predicted octanol–water partition coefficient (Wildman–Crippen LogP) is 0.156. The van der Waals surface area contributed by atoms with Crippen molar-refractivity contribution in [3.8, 4) is 0 Å². The smallest absolute Gasteiger partial charge is 0.0480 e. The summed E-state index contributed by atoms with van der Waals surface area (Å²) < 4.78 is 0. The van der Waals surface area contributed by atoms with Gasteiger partial charge in [0.05, 0.1) is 0 Å². The van der Waals surface area contributed by atoms with Crippen LogP contribution in [0.4, 0.5) is 0 Å². The monoisotopic (exact) mass is 216 g/mol. The lowest BCUT2D eigenvalue weighted by molar-refractivity contribution is 0.261. The number of nitrogens with two attached hydrogens (primary N) is 1. The third kappa shape index (κ3) is 10.1. The first-order chi connectivity index (χ1) is 7.20. The molecule has 0 aliphatic rings. The van der Waals surface area contributed by atoms with Crippen LogP contribution in [0.1, 0.15) is 19.8 Å². The molecule has 0 bridgehead atoms. The summed E-state index contributed by atoms with van der Waals surface area (Å²) in [5, 5.41) is 3.46. The van der Waals surface area contributed by atoms with Gasteiger partial charge in [-0.1, -0.05) is 6.92 Å². The standard InChI is InChI=1S/C11H28N4/c1-4-15(10-5-7-12)11-13-8-6-9-14(2)3/h13H,4-12H2,1-3H3. The lowest BCUT2D eigenvalue weighted by atomic mass is 10.4. The minimum Gasteiger partial charge on any atom is -0.330 e. The number of hydrogen-bond donors (Lipinski definition) is 2. The van der Waals surface area contributed by atoms with Gasteiger partial charge in [-0.15, -0.1) is 0 Å². The summed E-state index contributed by atoms with van der Waals surface area (Å²) in [5.41, 5.74) is 5.49. The Hall–Kier alpha value is -0.160. The molecule has 0 aliphatic heterocycles. The van der Waals surface area contributed by atoms with E-state index >= 15 is 0 Å². The van der Waals surface area contributed by atoms with E-state index in [2.05, 4.69) is 36.1 Å². The lowest BCUT2D eigenvalue weighted by Gasteiger charge is -2.20. The van der Waals surface area contributed by atoms with Crippen LogP contribution in [0.25, 0.3) is 0 Å². The van der Waals surface area contributed by atoms with Gasteiger partial charge in [-0.25, -0.2) is 0 Å². The molecule has 0 aromatic heterocycles. The summed E-state index contributed by atoms with van der Waals surface area (Å²) >= 11 is 0. The lowest BCUT2D eigenvalue weighted by Crippen LogP contribution is -2.36. The molecule has 4 heteroatoms. The normalized spacial score (nSPS) is 11.6. The summed E-state index contributed by atoms with van der Waals surface area (Å²) in [6.45, 7) is 8.42. The Kier molecular flexibility index (Phi) is 10.3. The van der Waals surface area contributed by atoms with Gasteiger partial charge < -0.3 is 16.0 Å². The highest BCUT2D eigenvalue weighted by atomic mass is 15.2. The average Bonchev–Trinajstić information content (AvgIpc) is 2.21. The van der Waals surface area contributed by atoms with Crippen LogP contribution in [0.15, 0.2) is 0 Å². The largest absolute Gasteiger partial charge is 0.330 e. The first-order valence-electron chi connectivity index (χ1n) is 5.98. The third-order valence-corrected chi connectivity index (χ3v) is 2.42. The van der Waals surface area contributed by atoms with Crippen LogP contribution in [-0.2, 0) is 0 Å². The zero-order chi connectivity index (χ0) is 11.5. The van der Waals surface area contributed by atoms with E-state index in [1.165, 1.54) is 6.42 Å². The number of rotatable bonds is 10. The molecule has 0 aromatic carbocycles. The molecule has 0 fully saturated rings. The predicted molar refractivity (Wildman–Crippen MR) is 67.0 cm³/mol. The van der Waals surface area contributed by atoms with Gasteiger partial charge in [0.2, 0.25) is 0 Å². The van der Waals surface area contributed by atoms with Crippen molar-refractivity contribution >= 4 is 0 Å². The highest BCUT2D eigenvalue weighted by molar-refractivity contribution is 4.56. The Morgan fingerprint density at radius 1 is 1.13 bits per heavy atom. The van der Waals surface area contributed by atoms with Crippen LogP contribution < -0.4 is 11.1 Å². The van der Waals surface area contributed by atoms with E-state index in [4.69, 9.17) is 5.73 Å². The van der Waals surface area contributed by atoms with Crippen molar-refractivity contribution in [2.24, 2.45) is 5.73 Å². The molecule has 4 nitrogen and oxygen atoms in total. The van der Waals surface area contributed by atoms with Crippen molar-refractivity contribution in [1.82, 2.24) is 15.1 Å². The maximum absolute atomic E-state index is 5.49. The molecule has 0 saturated carbocycles. The fourth-order valence-corrected chi connectivity index (χ4v) is 1.42. The van der Waals surface area contributed by atoms with Gasteiger partial charge in [-0.3, -0.25) is 4.90 Å². The summed E-state index contributed by atoms with van der Waals surface area (Å²) in [7, 11) is 4.22. The number of hydrogen-bond acceptors (Lipinski definition) is 4. The maximum Gasteiger partial charge on any atom is 0.0480 e. The quantitative estimate of drug-likeness (QED) is 0.403. The van der Waals surface area contributed by atoms with Gasteiger partial charge in [0, 0.05) is 13.2 Å². The molecule has 0 aliphatic carbocycles. The number of nitrogens with zero attached hydrogens (tertiary/aromatic N) is 2. The van der Waals surface area contributed by atoms with E-state index in [9.17, 15) is 0 Å². The minimum absolute atomic E-state index is 0.789. The molecule has 0 amide bonds. The van der Waals surface area contributed by atoms with E-state index in [1.54, 1.807) is 0 Å². The first-order valence-corrected chi connectivity index (χ1v) is 5.98. The van der Waals surface area contributed by atoms with Crippen LogP contribution in [-0.4, -0.2) is 63.3 Å². The van der Waals surface area contributed by atoms with Crippen molar-refractivity contribution in [2.45, 2.75) is 19.8 Å². The third-order valence-electron chi connectivity index (χ3n) is 2.42. The van der Waals surface area contributed by atoms with Crippen LogP contribution in [0, 0.1) is 0 Å².